The SMILES string of the molecule is CCN(CC)c1ccc(C(=O)N/N=C\c2ccc(OC)c(OC)c2C(=O)[O-])cc1. The van der Waals surface area contributed by atoms with Crippen molar-refractivity contribution >= 4 is 23.8 Å². The number of aromatic carboxylic acids is 1. The number of benzene rings is 2. The minimum atomic E-state index is -1.44. The van der Waals surface area contributed by atoms with Gasteiger partial charge in [0.25, 0.3) is 5.91 Å². The average Bonchev–Trinajstić information content (AvgIpc) is 2.74. The molecule has 0 aliphatic carbocycles. The van der Waals surface area contributed by atoms with Gasteiger partial charge in [0.2, 0.25) is 0 Å². The molecule has 0 radical (unpaired) electrons. The number of rotatable bonds is 9. The molecule has 0 aliphatic rings. The number of carbonyl (C=O) groups excluding carboxylic acids is 2. The molecule has 154 valence electrons. The van der Waals surface area contributed by atoms with Crippen LogP contribution in [-0.4, -0.2) is 45.4 Å². The van der Waals surface area contributed by atoms with Gasteiger partial charge in [-0.2, -0.15) is 5.10 Å². The zero-order chi connectivity index (χ0) is 21.4. The predicted octanol–water partition coefficient (Wildman–Crippen LogP) is 1.68. The summed E-state index contributed by atoms with van der Waals surface area (Å²) in [6.07, 6.45) is 1.22. The van der Waals surface area contributed by atoms with Gasteiger partial charge in [0.15, 0.2) is 11.5 Å². The van der Waals surface area contributed by atoms with Gasteiger partial charge in [0.1, 0.15) is 0 Å². The number of anilines is 1. The normalized spacial score (nSPS) is 10.6. The Bertz CT molecular complexity index is 890. The van der Waals surface area contributed by atoms with Crippen molar-refractivity contribution in [2.45, 2.75) is 13.8 Å². The summed E-state index contributed by atoms with van der Waals surface area (Å²) in [6.45, 7) is 5.87. The Hall–Kier alpha value is -3.55. The molecule has 0 aromatic heterocycles. The molecule has 29 heavy (non-hydrogen) atoms. The van der Waals surface area contributed by atoms with E-state index in [2.05, 4.69) is 29.3 Å². The number of hydrazone groups is 1. The number of carbonyl (C=O) groups is 2. The van der Waals surface area contributed by atoms with E-state index in [0.29, 0.717) is 5.56 Å². The molecule has 8 heteroatoms. The number of nitrogens with zero attached hydrogens (tertiary/aromatic N) is 2. The third-order valence-corrected chi connectivity index (χ3v) is 4.41. The Morgan fingerprint density at radius 2 is 1.72 bits per heavy atom. The molecule has 0 fully saturated rings. The standard InChI is InChI=1S/C21H25N3O5/c1-5-24(6-2)16-10-7-14(8-11-16)20(25)23-22-13-15-9-12-17(28-3)19(29-4)18(15)21(26)27/h7-13H,5-6H2,1-4H3,(H,23,25)(H,26,27)/p-1/b22-13-. The van der Waals surface area contributed by atoms with E-state index in [0.717, 1.165) is 18.8 Å². The molecule has 0 aliphatic heterocycles. The zero-order valence-electron chi connectivity index (χ0n) is 16.9. The van der Waals surface area contributed by atoms with Crippen molar-refractivity contribution in [2.24, 2.45) is 5.10 Å². The molecule has 0 saturated heterocycles. The fourth-order valence-electron chi connectivity index (χ4n) is 2.90. The first-order chi connectivity index (χ1) is 14.0. The van der Waals surface area contributed by atoms with Crippen LogP contribution in [0.25, 0.3) is 0 Å². The van der Waals surface area contributed by atoms with E-state index >= 15 is 0 Å². The molecule has 1 amide bonds. The first-order valence-electron chi connectivity index (χ1n) is 9.11. The van der Waals surface area contributed by atoms with Crippen LogP contribution in [0.15, 0.2) is 41.5 Å². The van der Waals surface area contributed by atoms with E-state index in [1.54, 1.807) is 18.2 Å². The molecule has 2 aromatic carbocycles. The average molecular weight is 398 g/mol. The Morgan fingerprint density at radius 3 is 2.24 bits per heavy atom. The number of carboxylic acid groups (broad SMARTS) is 1. The number of hydrogen-bond donors (Lipinski definition) is 1. The van der Waals surface area contributed by atoms with Crippen molar-refractivity contribution in [1.29, 1.82) is 0 Å². The first kappa shape index (κ1) is 21.7. The maximum Gasteiger partial charge on any atom is 0.271 e. The smallest absolute Gasteiger partial charge is 0.271 e. The predicted molar refractivity (Wildman–Crippen MR) is 109 cm³/mol. The molecule has 1 N–H and O–H groups in total. The molecule has 0 heterocycles. The van der Waals surface area contributed by atoms with E-state index in [1.165, 1.54) is 26.5 Å². The molecule has 0 saturated carbocycles. The minimum absolute atomic E-state index is 0.0229. The van der Waals surface area contributed by atoms with Crippen LogP contribution in [0.1, 0.15) is 40.1 Å². The monoisotopic (exact) mass is 398 g/mol. The molecule has 0 unspecified atom stereocenters. The lowest BCUT2D eigenvalue weighted by atomic mass is 10.1. The summed E-state index contributed by atoms with van der Waals surface area (Å²) in [5, 5.41) is 15.4. The molecule has 2 rings (SSSR count). The summed E-state index contributed by atoms with van der Waals surface area (Å²) in [5.74, 6) is -1.58. The summed E-state index contributed by atoms with van der Waals surface area (Å²) in [6, 6.07) is 10.2. The van der Waals surface area contributed by atoms with Crippen molar-refractivity contribution < 1.29 is 24.2 Å². The Labute approximate surface area is 169 Å². The van der Waals surface area contributed by atoms with E-state index < -0.39 is 11.9 Å². The van der Waals surface area contributed by atoms with Gasteiger partial charge in [-0.1, -0.05) is 0 Å². The van der Waals surface area contributed by atoms with Gasteiger partial charge in [0, 0.05) is 29.9 Å². The highest BCUT2D eigenvalue weighted by Crippen LogP contribution is 2.32. The number of carboxylic acids is 1. The number of ether oxygens (including phenoxy) is 2. The lowest BCUT2D eigenvalue weighted by molar-refractivity contribution is -0.255. The maximum atomic E-state index is 12.3. The van der Waals surface area contributed by atoms with Crippen molar-refractivity contribution in [3.05, 3.63) is 53.1 Å². The lowest BCUT2D eigenvalue weighted by Crippen LogP contribution is -2.25. The van der Waals surface area contributed by atoms with Crippen molar-refractivity contribution in [1.82, 2.24) is 5.43 Å². The zero-order valence-corrected chi connectivity index (χ0v) is 16.9. The lowest BCUT2D eigenvalue weighted by Gasteiger charge is -2.20. The van der Waals surface area contributed by atoms with Gasteiger partial charge < -0.3 is 24.3 Å². The summed E-state index contributed by atoms with van der Waals surface area (Å²) in [4.78, 5) is 26.0. The van der Waals surface area contributed by atoms with Crippen LogP contribution < -0.4 is 24.9 Å². The molecule has 0 atom stereocenters. The van der Waals surface area contributed by atoms with Gasteiger partial charge >= 0.3 is 0 Å². The Kier molecular flexibility index (Phi) is 7.59. The van der Waals surface area contributed by atoms with E-state index in [-0.39, 0.29) is 22.6 Å². The van der Waals surface area contributed by atoms with Gasteiger partial charge in [-0.3, -0.25) is 4.79 Å². The highest BCUT2D eigenvalue weighted by Gasteiger charge is 2.15. The highest BCUT2D eigenvalue weighted by molar-refractivity contribution is 6.01. The van der Waals surface area contributed by atoms with E-state index in [9.17, 15) is 14.7 Å². The topological polar surface area (TPSA) is 103 Å². The number of hydrogen-bond acceptors (Lipinski definition) is 7. The third kappa shape index (κ3) is 5.04. The van der Waals surface area contributed by atoms with E-state index in [1.807, 2.05) is 12.1 Å². The summed E-state index contributed by atoms with van der Waals surface area (Å²) < 4.78 is 10.2. The van der Waals surface area contributed by atoms with Crippen molar-refractivity contribution in [3.63, 3.8) is 0 Å². The quantitative estimate of drug-likeness (QED) is 0.509. The van der Waals surface area contributed by atoms with Crippen LogP contribution in [0, 0.1) is 0 Å². The first-order valence-corrected chi connectivity index (χ1v) is 9.11. The fraction of sp³-hybridized carbons (Fsp3) is 0.286. The van der Waals surface area contributed by atoms with Crippen molar-refractivity contribution in [2.75, 3.05) is 32.2 Å². The summed E-state index contributed by atoms with van der Waals surface area (Å²) >= 11 is 0. The summed E-state index contributed by atoms with van der Waals surface area (Å²) in [5.41, 5.74) is 3.84. The number of methoxy groups -OCH3 is 2. The number of nitrogens with one attached hydrogen (secondary N) is 1. The van der Waals surface area contributed by atoms with Crippen LogP contribution in [0.3, 0.4) is 0 Å². The molecule has 0 bridgehead atoms. The second kappa shape index (κ2) is 10.1. The van der Waals surface area contributed by atoms with Gasteiger partial charge in [-0.15, -0.1) is 0 Å². The Morgan fingerprint density at radius 1 is 1.07 bits per heavy atom. The van der Waals surface area contributed by atoms with Crippen LogP contribution >= 0.6 is 0 Å². The van der Waals surface area contributed by atoms with Gasteiger partial charge in [0.05, 0.1) is 32.0 Å². The van der Waals surface area contributed by atoms with Crippen LogP contribution in [-0.2, 0) is 0 Å². The van der Waals surface area contributed by atoms with Crippen LogP contribution in [0.5, 0.6) is 11.5 Å². The fourth-order valence-corrected chi connectivity index (χ4v) is 2.90. The summed E-state index contributed by atoms with van der Waals surface area (Å²) in [7, 11) is 2.73. The molecular weight excluding hydrogens is 374 g/mol. The maximum absolute atomic E-state index is 12.3. The molecule has 0 spiro atoms. The molecule has 2 aromatic rings. The minimum Gasteiger partial charge on any atom is -0.545 e. The highest BCUT2D eigenvalue weighted by atomic mass is 16.5. The number of amides is 1. The molecular formula is C21H24N3O5-. The van der Waals surface area contributed by atoms with E-state index in [4.69, 9.17) is 9.47 Å². The largest absolute Gasteiger partial charge is 0.545 e. The van der Waals surface area contributed by atoms with Gasteiger partial charge in [-0.25, -0.2) is 5.43 Å². The second-order valence-corrected chi connectivity index (χ2v) is 5.97. The Balaban J connectivity index is 2.17. The van der Waals surface area contributed by atoms with Crippen LogP contribution in [0.4, 0.5) is 5.69 Å². The van der Waals surface area contributed by atoms with Gasteiger partial charge in [-0.05, 0) is 50.2 Å². The molecule has 8 nitrogen and oxygen atoms in total. The van der Waals surface area contributed by atoms with Crippen LogP contribution in [0.2, 0.25) is 0 Å². The van der Waals surface area contributed by atoms with Crippen molar-refractivity contribution in [3.8, 4) is 11.5 Å². The second-order valence-electron chi connectivity index (χ2n) is 5.97. The third-order valence-electron chi connectivity index (χ3n) is 4.41.